The molecule has 152 valence electrons. The van der Waals surface area contributed by atoms with Crippen LogP contribution in [0.4, 0.5) is 4.79 Å². The van der Waals surface area contributed by atoms with Crippen LogP contribution in [0.25, 0.3) is 0 Å². The van der Waals surface area contributed by atoms with Gasteiger partial charge in [0.25, 0.3) is 11.8 Å². The molecule has 28 heavy (non-hydrogen) atoms. The second kappa shape index (κ2) is 8.86. The lowest BCUT2D eigenvalue weighted by Gasteiger charge is -2.19. The maximum atomic E-state index is 12.2. The van der Waals surface area contributed by atoms with Crippen molar-refractivity contribution in [3.05, 3.63) is 35.4 Å². The molecule has 1 atom stereocenters. The van der Waals surface area contributed by atoms with Gasteiger partial charge in [-0.3, -0.25) is 19.3 Å². The summed E-state index contributed by atoms with van der Waals surface area (Å²) in [6.07, 6.45) is -1.13. The number of nitrogens with zero attached hydrogens (tertiary/aromatic N) is 1. The molecule has 0 saturated carbocycles. The Labute approximate surface area is 164 Å². The van der Waals surface area contributed by atoms with Gasteiger partial charge in [0.15, 0.2) is 6.10 Å². The predicted molar refractivity (Wildman–Crippen MR) is 103 cm³/mol. The summed E-state index contributed by atoms with van der Waals surface area (Å²) in [4.78, 5) is 48.6. The highest BCUT2D eigenvalue weighted by Gasteiger charge is 2.31. The molecule has 1 aromatic rings. The fraction of sp³-hybridized carbons (Fsp3) is 0.500. The summed E-state index contributed by atoms with van der Waals surface area (Å²) in [6, 6.07) is 6.82. The smallest absolute Gasteiger partial charge is 0.324 e. The summed E-state index contributed by atoms with van der Waals surface area (Å²) < 4.78 is 5.05. The molecule has 1 aliphatic rings. The summed E-state index contributed by atoms with van der Waals surface area (Å²) in [6.45, 7) is 8.42. The summed E-state index contributed by atoms with van der Waals surface area (Å²) in [5.74, 6) is -1.47. The molecule has 0 bridgehead atoms. The molecule has 0 aliphatic carbocycles. The molecule has 8 heteroatoms. The topological polar surface area (TPSA) is 105 Å². The van der Waals surface area contributed by atoms with Crippen molar-refractivity contribution in [2.75, 3.05) is 19.6 Å². The standard InChI is InChI=1S/C20H27N3O5/c1-13(18(26)23-12-11-22-19(23)27)28-16(24)9-10-21-17(25)14-5-7-15(8-6-14)20(2,3)4/h5-8,13H,9-12H2,1-4H3,(H,21,25)(H,22,27)/t13-/m0/s1. The van der Waals surface area contributed by atoms with Crippen molar-refractivity contribution in [2.45, 2.75) is 45.6 Å². The second-order valence-electron chi connectivity index (χ2n) is 7.69. The third-order valence-corrected chi connectivity index (χ3v) is 4.41. The second-order valence-corrected chi connectivity index (χ2v) is 7.69. The maximum Gasteiger partial charge on any atom is 0.324 e. The molecular formula is C20H27N3O5. The summed E-state index contributed by atoms with van der Waals surface area (Å²) in [5, 5.41) is 5.16. The lowest BCUT2D eigenvalue weighted by molar-refractivity contribution is -0.157. The Bertz CT molecular complexity index is 752. The minimum absolute atomic E-state index is 0.00262. The van der Waals surface area contributed by atoms with Crippen molar-refractivity contribution in [3.8, 4) is 0 Å². The summed E-state index contributed by atoms with van der Waals surface area (Å²) in [7, 11) is 0. The van der Waals surface area contributed by atoms with Crippen LogP contribution < -0.4 is 10.6 Å². The summed E-state index contributed by atoms with van der Waals surface area (Å²) >= 11 is 0. The fourth-order valence-corrected chi connectivity index (χ4v) is 2.71. The molecule has 0 spiro atoms. The highest BCUT2D eigenvalue weighted by Crippen LogP contribution is 2.22. The highest BCUT2D eigenvalue weighted by molar-refractivity contribution is 5.98. The van der Waals surface area contributed by atoms with Gasteiger partial charge in [0.1, 0.15) is 0 Å². The molecule has 1 fully saturated rings. The minimum atomic E-state index is -1.06. The van der Waals surface area contributed by atoms with Gasteiger partial charge in [0, 0.05) is 25.2 Å². The monoisotopic (exact) mass is 389 g/mol. The van der Waals surface area contributed by atoms with E-state index < -0.39 is 24.0 Å². The average molecular weight is 389 g/mol. The number of ether oxygens (including phenoxy) is 1. The molecule has 0 unspecified atom stereocenters. The highest BCUT2D eigenvalue weighted by atomic mass is 16.5. The van der Waals surface area contributed by atoms with Crippen LogP contribution in [0.2, 0.25) is 0 Å². The van der Waals surface area contributed by atoms with E-state index in [1.165, 1.54) is 6.92 Å². The van der Waals surface area contributed by atoms with Gasteiger partial charge in [-0.25, -0.2) is 4.79 Å². The van der Waals surface area contributed by atoms with Crippen LogP contribution in [0, 0.1) is 0 Å². The van der Waals surface area contributed by atoms with Gasteiger partial charge in [-0.2, -0.15) is 0 Å². The van der Waals surface area contributed by atoms with Crippen molar-refractivity contribution in [3.63, 3.8) is 0 Å². The minimum Gasteiger partial charge on any atom is -0.452 e. The first-order valence-electron chi connectivity index (χ1n) is 9.27. The van der Waals surface area contributed by atoms with Crippen LogP contribution in [-0.2, 0) is 19.7 Å². The molecule has 2 rings (SSSR count). The fourth-order valence-electron chi connectivity index (χ4n) is 2.71. The zero-order chi connectivity index (χ0) is 20.9. The van der Waals surface area contributed by atoms with Crippen LogP contribution in [0.3, 0.4) is 0 Å². The van der Waals surface area contributed by atoms with E-state index in [0.717, 1.165) is 10.5 Å². The number of benzene rings is 1. The molecule has 0 aromatic heterocycles. The maximum absolute atomic E-state index is 12.2. The van der Waals surface area contributed by atoms with Gasteiger partial charge >= 0.3 is 12.0 Å². The van der Waals surface area contributed by atoms with E-state index in [2.05, 4.69) is 31.4 Å². The Morgan fingerprint density at radius 2 is 1.86 bits per heavy atom. The number of urea groups is 1. The largest absolute Gasteiger partial charge is 0.452 e. The molecule has 1 heterocycles. The molecular weight excluding hydrogens is 362 g/mol. The van der Waals surface area contributed by atoms with Crippen LogP contribution in [0.1, 0.15) is 50.0 Å². The normalized spacial score (nSPS) is 15.0. The Balaban J connectivity index is 1.76. The van der Waals surface area contributed by atoms with Gasteiger partial charge in [-0.15, -0.1) is 0 Å². The molecule has 1 saturated heterocycles. The van der Waals surface area contributed by atoms with Crippen LogP contribution in [0.5, 0.6) is 0 Å². The molecule has 1 aromatic carbocycles. The Kier molecular flexibility index (Phi) is 6.77. The molecule has 1 aliphatic heterocycles. The number of carbonyl (C=O) groups excluding carboxylic acids is 4. The Morgan fingerprint density at radius 1 is 1.21 bits per heavy atom. The Morgan fingerprint density at radius 3 is 2.39 bits per heavy atom. The third-order valence-electron chi connectivity index (χ3n) is 4.41. The van der Waals surface area contributed by atoms with E-state index in [4.69, 9.17) is 4.74 Å². The number of hydrogen-bond acceptors (Lipinski definition) is 5. The first-order chi connectivity index (χ1) is 13.1. The quantitative estimate of drug-likeness (QED) is 0.719. The first kappa shape index (κ1) is 21.4. The molecule has 4 amide bonds. The van der Waals surface area contributed by atoms with E-state index in [0.29, 0.717) is 12.1 Å². The number of hydrogen-bond donors (Lipinski definition) is 2. The van der Waals surface area contributed by atoms with Crippen LogP contribution in [-0.4, -0.2) is 54.5 Å². The van der Waals surface area contributed by atoms with Crippen LogP contribution >= 0.6 is 0 Å². The number of carbonyl (C=O) groups is 4. The Hall–Kier alpha value is -2.90. The van der Waals surface area contributed by atoms with Crippen molar-refractivity contribution < 1.29 is 23.9 Å². The lowest BCUT2D eigenvalue weighted by Crippen LogP contribution is -2.42. The number of rotatable bonds is 6. The molecule has 0 radical (unpaired) electrons. The van der Waals surface area contributed by atoms with E-state index >= 15 is 0 Å². The van der Waals surface area contributed by atoms with Crippen LogP contribution in [0.15, 0.2) is 24.3 Å². The van der Waals surface area contributed by atoms with Crippen molar-refractivity contribution in [1.29, 1.82) is 0 Å². The molecule has 8 nitrogen and oxygen atoms in total. The van der Waals surface area contributed by atoms with Crippen molar-refractivity contribution in [1.82, 2.24) is 15.5 Å². The third kappa shape index (κ3) is 5.55. The van der Waals surface area contributed by atoms with Gasteiger partial charge in [0.2, 0.25) is 0 Å². The van der Waals surface area contributed by atoms with Gasteiger partial charge in [0.05, 0.1) is 6.42 Å². The number of nitrogens with one attached hydrogen (secondary N) is 2. The van der Waals surface area contributed by atoms with E-state index in [9.17, 15) is 19.2 Å². The zero-order valence-electron chi connectivity index (χ0n) is 16.7. The van der Waals surface area contributed by atoms with E-state index in [1.807, 2.05) is 12.1 Å². The SMILES string of the molecule is C[C@H](OC(=O)CCNC(=O)c1ccc(C(C)(C)C)cc1)C(=O)N1CCNC1=O. The van der Waals surface area contributed by atoms with E-state index in [-0.39, 0.29) is 30.8 Å². The molecule has 2 N–H and O–H groups in total. The number of imide groups is 1. The number of amides is 4. The van der Waals surface area contributed by atoms with Gasteiger partial charge in [-0.05, 0) is 30.0 Å². The predicted octanol–water partition coefficient (Wildman–Crippen LogP) is 1.59. The lowest BCUT2D eigenvalue weighted by atomic mass is 9.87. The first-order valence-corrected chi connectivity index (χ1v) is 9.27. The average Bonchev–Trinajstić information content (AvgIpc) is 3.06. The van der Waals surface area contributed by atoms with Crippen molar-refractivity contribution >= 4 is 23.8 Å². The van der Waals surface area contributed by atoms with Crippen molar-refractivity contribution in [2.24, 2.45) is 0 Å². The van der Waals surface area contributed by atoms with Gasteiger partial charge in [-0.1, -0.05) is 32.9 Å². The number of esters is 1. The van der Waals surface area contributed by atoms with Gasteiger partial charge < -0.3 is 15.4 Å². The zero-order valence-corrected chi connectivity index (χ0v) is 16.7. The summed E-state index contributed by atoms with van der Waals surface area (Å²) in [5.41, 5.74) is 1.63. The van der Waals surface area contributed by atoms with E-state index in [1.54, 1.807) is 12.1 Å².